The number of halogens is 3. The van der Waals surface area contributed by atoms with Gasteiger partial charge in [0.15, 0.2) is 11.5 Å². The molecule has 2 aliphatic rings. The third-order valence-electron chi connectivity index (χ3n) is 4.70. The lowest BCUT2D eigenvalue weighted by atomic mass is 9.75. The van der Waals surface area contributed by atoms with Crippen LogP contribution in [0.5, 0.6) is 11.5 Å². The highest BCUT2D eigenvalue weighted by Gasteiger charge is 2.59. The average molecular weight is 445 g/mol. The summed E-state index contributed by atoms with van der Waals surface area (Å²) in [6.07, 6.45) is 0.651. The summed E-state index contributed by atoms with van der Waals surface area (Å²) in [6.45, 7) is -0.792. The van der Waals surface area contributed by atoms with Gasteiger partial charge in [0.1, 0.15) is 17.1 Å². The Morgan fingerprint density at radius 3 is 2.60 bits per heavy atom. The van der Waals surface area contributed by atoms with Crippen molar-refractivity contribution < 1.29 is 42.5 Å². The fourth-order valence-electron chi connectivity index (χ4n) is 3.39. The minimum atomic E-state index is -3.36. The van der Waals surface area contributed by atoms with E-state index in [0.717, 1.165) is 19.1 Å². The molecule has 1 heterocycles. The van der Waals surface area contributed by atoms with E-state index >= 15 is 0 Å². The molecule has 2 atom stereocenters. The van der Waals surface area contributed by atoms with Gasteiger partial charge < -0.3 is 14.6 Å². The van der Waals surface area contributed by atoms with E-state index in [4.69, 9.17) is 16.3 Å². The minimum Gasteiger partial charge on any atom is -0.507 e. The van der Waals surface area contributed by atoms with Gasteiger partial charge in [0.2, 0.25) is 17.3 Å². The van der Waals surface area contributed by atoms with Crippen LogP contribution in [-0.4, -0.2) is 40.7 Å². The van der Waals surface area contributed by atoms with E-state index in [9.17, 15) is 33.1 Å². The summed E-state index contributed by atoms with van der Waals surface area (Å²) >= 11 is 6.20. The maximum absolute atomic E-state index is 13.2. The Hall–Kier alpha value is -3.21. The highest BCUT2D eigenvalue weighted by atomic mass is 35.5. The molecule has 1 aromatic carbocycles. The monoisotopic (exact) mass is 444 g/mol. The number of aliphatic hydroxyl groups excluding tert-OH is 1. The van der Waals surface area contributed by atoms with Gasteiger partial charge in [0.05, 0.1) is 10.6 Å². The van der Waals surface area contributed by atoms with Crippen molar-refractivity contribution in [3.8, 4) is 11.5 Å². The molecule has 3 rings (SSSR count). The topological polar surface area (TPSA) is 131 Å². The maximum Gasteiger partial charge on any atom is 0.387 e. The summed E-state index contributed by atoms with van der Waals surface area (Å²) in [5.74, 6) is -5.78. The van der Waals surface area contributed by atoms with Crippen LogP contribution in [0.15, 0.2) is 17.9 Å². The predicted octanol–water partition coefficient (Wildman–Crippen LogP) is 2.09. The summed E-state index contributed by atoms with van der Waals surface area (Å²) in [4.78, 5) is 48.2. The number of carbonyl (C=O) groups is 4. The van der Waals surface area contributed by atoms with Gasteiger partial charge in [-0.2, -0.15) is 8.78 Å². The summed E-state index contributed by atoms with van der Waals surface area (Å²) in [5.41, 5.74) is 0.992. The van der Waals surface area contributed by atoms with Crippen LogP contribution in [-0.2, 0) is 9.59 Å². The van der Waals surface area contributed by atoms with E-state index < -0.39 is 74.9 Å². The molecule has 0 unspecified atom stereocenters. The standard InChI is InChI=1S/C18H15ClF2N2O7/c1-6-3-8(25)4-11(26)18(6)15(27)12-10(29-17(20)21)5-9(13(19)14(12)30-18)16(28)23-22-7(2)24/h4-6,17,26H,3H2,1-2H3,(H,22,24)(H,23,28)/t6-,18+/m1/s1. The molecule has 0 saturated heterocycles. The third-order valence-corrected chi connectivity index (χ3v) is 5.08. The molecule has 0 aromatic heterocycles. The van der Waals surface area contributed by atoms with Gasteiger partial charge in [0, 0.05) is 25.3 Å². The molecule has 0 saturated carbocycles. The molecule has 12 heteroatoms. The van der Waals surface area contributed by atoms with Crippen LogP contribution >= 0.6 is 11.6 Å². The Labute approximate surface area is 172 Å². The van der Waals surface area contributed by atoms with Crippen molar-refractivity contribution in [3.63, 3.8) is 0 Å². The molecule has 1 aromatic rings. The number of Topliss-reactive ketones (excluding diaryl/α,β-unsaturated/α-hetero) is 1. The van der Waals surface area contributed by atoms with Crippen molar-refractivity contribution in [1.29, 1.82) is 0 Å². The van der Waals surface area contributed by atoms with Crippen LogP contribution in [0.3, 0.4) is 0 Å². The SMILES string of the molecule is CC(=O)NNC(=O)c1cc(OC(F)F)c2c(c1Cl)O[C@]1(C2=O)C(O)=CC(=O)C[C@H]1C. The van der Waals surface area contributed by atoms with Gasteiger partial charge in [0.25, 0.3) is 5.91 Å². The first-order valence-electron chi connectivity index (χ1n) is 8.55. The average Bonchev–Trinajstić information content (AvgIpc) is 2.95. The van der Waals surface area contributed by atoms with Crippen molar-refractivity contribution in [2.24, 2.45) is 5.92 Å². The van der Waals surface area contributed by atoms with Crippen LogP contribution in [0.4, 0.5) is 8.78 Å². The first-order chi connectivity index (χ1) is 14.0. The minimum absolute atomic E-state index is 0.164. The van der Waals surface area contributed by atoms with Crippen LogP contribution in [0.1, 0.15) is 41.0 Å². The van der Waals surface area contributed by atoms with E-state index in [1.54, 1.807) is 0 Å². The number of benzene rings is 1. The van der Waals surface area contributed by atoms with Crippen LogP contribution < -0.4 is 20.3 Å². The van der Waals surface area contributed by atoms with E-state index in [1.807, 2.05) is 10.9 Å². The number of alkyl halides is 2. The zero-order chi connectivity index (χ0) is 22.4. The molecule has 30 heavy (non-hydrogen) atoms. The van der Waals surface area contributed by atoms with Crippen molar-refractivity contribution in [3.05, 3.63) is 34.1 Å². The Kier molecular flexibility index (Phi) is 5.42. The molecular weight excluding hydrogens is 430 g/mol. The Morgan fingerprint density at radius 1 is 1.37 bits per heavy atom. The van der Waals surface area contributed by atoms with Gasteiger partial charge >= 0.3 is 6.61 Å². The molecule has 2 amide bonds. The third kappa shape index (κ3) is 3.34. The highest BCUT2D eigenvalue weighted by molar-refractivity contribution is 6.37. The molecule has 1 aliphatic heterocycles. The number of amides is 2. The normalized spacial score (nSPS) is 22.5. The summed E-state index contributed by atoms with van der Waals surface area (Å²) in [5, 5.41) is 9.93. The van der Waals surface area contributed by atoms with Crippen LogP contribution in [0.2, 0.25) is 5.02 Å². The van der Waals surface area contributed by atoms with E-state index in [2.05, 4.69) is 4.74 Å². The van der Waals surface area contributed by atoms with Gasteiger partial charge in [-0.05, 0) is 6.07 Å². The summed E-state index contributed by atoms with van der Waals surface area (Å²) < 4.78 is 36.0. The predicted molar refractivity (Wildman–Crippen MR) is 96.6 cm³/mol. The Bertz CT molecular complexity index is 1010. The second-order valence-electron chi connectivity index (χ2n) is 6.72. The fourth-order valence-corrected chi connectivity index (χ4v) is 3.66. The van der Waals surface area contributed by atoms with Gasteiger partial charge in [-0.3, -0.25) is 30.0 Å². The van der Waals surface area contributed by atoms with E-state index in [1.165, 1.54) is 6.92 Å². The number of hydrogen-bond acceptors (Lipinski definition) is 7. The highest BCUT2D eigenvalue weighted by Crippen LogP contribution is 2.52. The molecule has 0 bridgehead atoms. The Balaban J connectivity index is 2.17. The fraction of sp³-hybridized carbons (Fsp3) is 0.333. The van der Waals surface area contributed by atoms with Crippen molar-refractivity contribution in [2.45, 2.75) is 32.5 Å². The summed E-state index contributed by atoms with van der Waals surface area (Å²) in [7, 11) is 0. The molecule has 9 nitrogen and oxygen atoms in total. The lowest BCUT2D eigenvalue weighted by molar-refractivity contribution is -0.120. The number of hydrogen-bond donors (Lipinski definition) is 3. The number of ketones is 2. The van der Waals surface area contributed by atoms with Crippen LogP contribution in [0, 0.1) is 5.92 Å². The largest absolute Gasteiger partial charge is 0.507 e. The quantitative estimate of drug-likeness (QED) is 0.608. The van der Waals surface area contributed by atoms with Crippen molar-refractivity contribution >= 4 is 35.0 Å². The van der Waals surface area contributed by atoms with Crippen molar-refractivity contribution in [1.82, 2.24) is 10.9 Å². The number of rotatable bonds is 3. The first-order valence-corrected chi connectivity index (χ1v) is 8.92. The van der Waals surface area contributed by atoms with Gasteiger partial charge in [-0.1, -0.05) is 18.5 Å². The smallest absolute Gasteiger partial charge is 0.387 e. The van der Waals surface area contributed by atoms with E-state index in [-0.39, 0.29) is 6.42 Å². The second kappa shape index (κ2) is 7.56. The number of hydrazine groups is 1. The number of ether oxygens (including phenoxy) is 2. The molecule has 0 fully saturated rings. The number of fused-ring (bicyclic) bond motifs is 1. The molecule has 160 valence electrons. The molecule has 1 aliphatic carbocycles. The molecule has 0 radical (unpaired) electrons. The maximum atomic E-state index is 13.2. The lowest BCUT2D eigenvalue weighted by Crippen LogP contribution is -2.51. The number of carbonyl (C=O) groups excluding carboxylic acids is 4. The van der Waals surface area contributed by atoms with Crippen LogP contribution in [0.25, 0.3) is 0 Å². The van der Waals surface area contributed by atoms with Gasteiger partial charge in [-0.25, -0.2) is 0 Å². The lowest BCUT2D eigenvalue weighted by Gasteiger charge is -2.34. The molecular formula is C18H15ClF2N2O7. The Morgan fingerprint density at radius 2 is 2.03 bits per heavy atom. The number of allylic oxidation sites excluding steroid dienone is 1. The van der Waals surface area contributed by atoms with Gasteiger partial charge in [-0.15, -0.1) is 0 Å². The zero-order valence-corrected chi connectivity index (χ0v) is 16.3. The molecule has 1 spiro atoms. The second-order valence-corrected chi connectivity index (χ2v) is 7.10. The van der Waals surface area contributed by atoms with E-state index in [0.29, 0.717) is 0 Å². The zero-order valence-electron chi connectivity index (χ0n) is 15.5. The summed E-state index contributed by atoms with van der Waals surface area (Å²) in [6, 6.07) is 0.796. The molecule has 3 N–H and O–H groups in total. The number of nitrogens with one attached hydrogen (secondary N) is 2. The van der Waals surface area contributed by atoms with Crippen molar-refractivity contribution in [2.75, 3.05) is 0 Å². The number of aliphatic hydroxyl groups is 1. The first kappa shape index (κ1) is 21.5.